The zero-order chi connectivity index (χ0) is 15.5. The van der Waals surface area contributed by atoms with Crippen LogP contribution in [0.5, 0.6) is 11.5 Å². The monoisotopic (exact) mass is 322 g/mol. The SMILES string of the molecule is CCNC(=O)CN1C(=O)CS[C@@H]1c1ccc2c(c1)OCCO2. The molecule has 0 aromatic heterocycles. The summed E-state index contributed by atoms with van der Waals surface area (Å²) in [6.45, 7) is 3.57. The fraction of sp³-hybridized carbons (Fsp3) is 0.467. The molecule has 2 heterocycles. The second kappa shape index (κ2) is 6.48. The molecule has 1 fully saturated rings. The van der Waals surface area contributed by atoms with Crippen LogP contribution in [0.15, 0.2) is 18.2 Å². The standard InChI is InChI=1S/C15H18N2O4S/c1-2-16-13(18)8-17-14(19)9-22-15(17)10-3-4-11-12(7-10)21-6-5-20-11/h3-4,7,15H,2,5-6,8-9H2,1H3,(H,16,18)/t15-/m1/s1. The number of amides is 2. The van der Waals surface area contributed by atoms with Gasteiger partial charge in [-0.05, 0) is 24.6 Å². The molecule has 2 aliphatic heterocycles. The summed E-state index contributed by atoms with van der Waals surface area (Å²) in [7, 11) is 0. The Kier molecular flexibility index (Phi) is 4.42. The second-order valence-electron chi connectivity index (χ2n) is 5.04. The van der Waals surface area contributed by atoms with Gasteiger partial charge in [0.05, 0.1) is 5.75 Å². The molecular formula is C15H18N2O4S. The van der Waals surface area contributed by atoms with E-state index in [2.05, 4.69) is 5.32 Å². The van der Waals surface area contributed by atoms with Crippen molar-refractivity contribution in [1.82, 2.24) is 10.2 Å². The number of carbonyl (C=O) groups excluding carboxylic acids is 2. The molecule has 0 aliphatic carbocycles. The third kappa shape index (κ3) is 2.99. The first-order valence-electron chi connectivity index (χ1n) is 7.26. The number of hydrogen-bond donors (Lipinski definition) is 1. The lowest BCUT2D eigenvalue weighted by Crippen LogP contribution is -2.39. The van der Waals surface area contributed by atoms with Crippen molar-refractivity contribution in [2.75, 3.05) is 32.1 Å². The van der Waals surface area contributed by atoms with Crippen molar-refractivity contribution < 1.29 is 19.1 Å². The predicted molar refractivity (Wildman–Crippen MR) is 83.0 cm³/mol. The van der Waals surface area contributed by atoms with Gasteiger partial charge in [-0.25, -0.2) is 0 Å². The van der Waals surface area contributed by atoms with Gasteiger partial charge in [-0.1, -0.05) is 6.07 Å². The molecule has 0 spiro atoms. The number of thioether (sulfide) groups is 1. The van der Waals surface area contributed by atoms with E-state index in [0.29, 0.717) is 31.3 Å². The van der Waals surface area contributed by atoms with Crippen LogP contribution in [0.25, 0.3) is 0 Å². The van der Waals surface area contributed by atoms with Crippen molar-refractivity contribution in [1.29, 1.82) is 0 Å². The van der Waals surface area contributed by atoms with Gasteiger partial charge in [0.25, 0.3) is 0 Å². The Morgan fingerprint density at radius 3 is 2.91 bits per heavy atom. The lowest BCUT2D eigenvalue weighted by molar-refractivity contribution is -0.133. The van der Waals surface area contributed by atoms with Crippen molar-refractivity contribution in [3.63, 3.8) is 0 Å². The molecular weight excluding hydrogens is 304 g/mol. The average Bonchev–Trinajstić information content (AvgIpc) is 2.88. The van der Waals surface area contributed by atoms with Crippen LogP contribution in [0.1, 0.15) is 17.9 Å². The molecule has 0 saturated carbocycles. The van der Waals surface area contributed by atoms with Gasteiger partial charge in [0.15, 0.2) is 11.5 Å². The summed E-state index contributed by atoms with van der Waals surface area (Å²) in [5, 5.41) is 2.57. The average molecular weight is 322 g/mol. The summed E-state index contributed by atoms with van der Waals surface area (Å²) in [4.78, 5) is 25.5. The van der Waals surface area contributed by atoms with E-state index >= 15 is 0 Å². The zero-order valence-electron chi connectivity index (χ0n) is 12.3. The summed E-state index contributed by atoms with van der Waals surface area (Å²) < 4.78 is 11.1. The zero-order valence-corrected chi connectivity index (χ0v) is 13.1. The maximum Gasteiger partial charge on any atom is 0.239 e. The molecule has 0 radical (unpaired) electrons. The summed E-state index contributed by atoms with van der Waals surface area (Å²) >= 11 is 1.52. The van der Waals surface area contributed by atoms with Gasteiger partial charge in [-0.15, -0.1) is 11.8 Å². The first kappa shape index (κ1) is 15.0. The molecule has 1 aromatic carbocycles. The largest absolute Gasteiger partial charge is 0.486 e. The van der Waals surface area contributed by atoms with Crippen LogP contribution in [0.2, 0.25) is 0 Å². The minimum atomic E-state index is -0.161. The van der Waals surface area contributed by atoms with Crippen LogP contribution in [-0.4, -0.2) is 48.8 Å². The number of benzene rings is 1. The highest BCUT2D eigenvalue weighted by atomic mass is 32.2. The van der Waals surface area contributed by atoms with Crippen molar-refractivity contribution in [3.8, 4) is 11.5 Å². The summed E-state index contributed by atoms with van der Waals surface area (Å²) in [5.41, 5.74) is 0.949. The number of likely N-dealkylation sites (N-methyl/N-ethyl adjacent to an activating group) is 1. The third-order valence-corrected chi connectivity index (χ3v) is 4.76. The minimum absolute atomic E-state index is 0.0175. The molecule has 118 valence electrons. The fourth-order valence-corrected chi connectivity index (χ4v) is 3.70. The number of nitrogens with zero attached hydrogens (tertiary/aromatic N) is 1. The highest BCUT2D eigenvalue weighted by molar-refractivity contribution is 8.00. The third-order valence-electron chi connectivity index (χ3n) is 3.51. The maximum atomic E-state index is 12.1. The van der Waals surface area contributed by atoms with Gasteiger partial charge in [0, 0.05) is 6.54 Å². The summed E-state index contributed by atoms with van der Waals surface area (Å²) in [6.07, 6.45) is 0. The van der Waals surface area contributed by atoms with E-state index in [1.807, 2.05) is 25.1 Å². The van der Waals surface area contributed by atoms with Gasteiger partial charge in [0.1, 0.15) is 25.1 Å². The molecule has 0 bridgehead atoms. The van der Waals surface area contributed by atoms with Crippen molar-refractivity contribution in [2.45, 2.75) is 12.3 Å². The summed E-state index contributed by atoms with van der Waals surface area (Å²) in [6, 6.07) is 5.68. The lowest BCUT2D eigenvalue weighted by atomic mass is 10.1. The smallest absolute Gasteiger partial charge is 0.239 e. The van der Waals surface area contributed by atoms with E-state index in [1.165, 1.54) is 11.8 Å². The topological polar surface area (TPSA) is 67.9 Å². The molecule has 7 heteroatoms. The predicted octanol–water partition coefficient (Wildman–Crippen LogP) is 1.17. The minimum Gasteiger partial charge on any atom is -0.486 e. The molecule has 1 atom stereocenters. The van der Waals surface area contributed by atoms with Crippen LogP contribution in [0, 0.1) is 0 Å². The van der Waals surface area contributed by atoms with Crippen molar-refractivity contribution >= 4 is 23.6 Å². The molecule has 0 unspecified atom stereocenters. The number of nitrogens with one attached hydrogen (secondary N) is 1. The number of fused-ring (bicyclic) bond motifs is 1. The van der Waals surface area contributed by atoms with Crippen LogP contribution in [0.3, 0.4) is 0 Å². The Morgan fingerprint density at radius 1 is 1.36 bits per heavy atom. The van der Waals surface area contributed by atoms with E-state index in [1.54, 1.807) is 4.90 Å². The molecule has 6 nitrogen and oxygen atoms in total. The Hall–Kier alpha value is -1.89. The van der Waals surface area contributed by atoms with Gasteiger partial charge in [-0.3, -0.25) is 9.59 Å². The Labute approximate surface area is 133 Å². The van der Waals surface area contributed by atoms with E-state index < -0.39 is 0 Å². The fourth-order valence-electron chi connectivity index (χ4n) is 2.52. The molecule has 1 N–H and O–H groups in total. The van der Waals surface area contributed by atoms with E-state index in [0.717, 1.165) is 11.3 Å². The van der Waals surface area contributed by atoms with E-state index in [-0.39, 0.29) is 23.7 Å². The number of rotatable bonds is 4. The summed E-state index contributed by atoms with van der Waals surface area (Å²) in [5.74, 6) is 1.65. The van der Waals surface area contributed by atoms with E-state index in [9.17, 15) is 9.59 Å². The molecule has 1 aromatic rings. The Balaban J connectivity index is 1.80. The Bertz CT molecular complexity index is 593. The van der Waals surface area contributed by atoms with Crippen LogP contribution in [0.4, 0.5) is 0 Å². The van der Waals surface area contributed by atoms with Crippen LogP contribution < -0.4 is 14.8 Å². The van der Waals surface area contributed by atoms with Gasteiger partial charge >= 0.3 is 0 Å². The Morgan fingerprint density at radius 2 is 2.14 bits per heavy atom. The molecule has 1 saturated heterocycles. The first-order chi connectivity index (χ1) is 10.7. The van der Waals surface area contributed by atoms with Crippen molar-refractivity contribution in [2.24, 2.45) is 0 Å². The van der Waals surface area contributed by atoms with Gasteiger partial charge in [0.2, 0.25) is 11.8 Å². The van der Waals surface area contributed by atoms with E-state index in [4.69, 9.17) is 9.47 Å². The van der Waals surface area contributed by atoms with Gasteiger partial charge < -0.3 is 19.7 Å². The number of carbonyl (C=O) groups is 2. The number of ether oxygens (including phenoxy) is 2. The van der Waals surface area contributed by atoms with Crippen molar-refractivity contribution in [3.05, 3.63) is 23.8 Å². The van der Waals surface area contributed by atoms with Crippen LogP contribution >= 0.6 is 11.8 Å². The highest BCUT2D eigenvalue weighted by Gasteiger charge is 2.34. The second-order valence-corrected chi connectivity index (χ2v) is 6.11. The van der Waals surface area contributed by atoms with Crippen LogP contribution in [-0.2, 0) is 9.59 Å². The lowest BCUT2D eigenvalue weighted by Gasteiger charge is -2.25. The van der Waals surface area contributed by atoms with Gasteiger partial charge in [-0.2, -0.15) is 0 Å². The normalized spacial score (nSPS) is 20.1. The molecule has 3 rings (SSSR count). The molecule has 2 aliphatic rings. The highest BCUT2D eigenvalue weighted by Crippen LogP contribution is 2.41. The first-order valence-corrected chi connectivity index (χ1v) is 8.31. The molecule has 22 heavy (non-hydrogen) atoms. The molecule has 2 amide bonds. The quantitative estimate of drug-likeness (QED) is 0.901. The number of hydrogen-bond acceptors (Lipinski definition) is 5. The maximum absolute atomic E-state index is 12.1.